The number of nitrogens with two attached hydrogens (primary N) is 1. The first kappa shape index (κ1) is 15.0. The third-order valence-electron chi connectivity index (χ3n) is 2.19. The van der Waals surface area contributed by atoms with Gasteiger partial charge in [-0.25, -0.2) is 0 Å². The SMILES string of the molecule is NC(CC(=O)O)C(=O)Nc1cccc(C(F)(F)F)c1. The average Bonchev–Trinajstić information content (AvgIpc) is 2.27. The van der Waals surface area contributed by atoms with E-state index in [-0.39, 0.29) is 5.69 Å². The lowest BCUT2D eigenvalue weighted by Crippen LogP contribution is -2.37. The van der Waals surface area contributed by atoms with Crippen LogP contribution in [0.15, 0.2) is 24.3 Å². The molecule has 1 rings (SSSR count). The molecule has 1 aromatic carbocycles. The summed E-state index contributed by atoms with van der Waals surface area (Å²) in [5.74, 6) is -2.13. The number of aliphatic carboxylic acids is 1. The molecule has 0 aromatic heterocycles. The van der Waals surface area contributed by atoms with Crippen LogP contribution >= 0.6 is 0 Å². The molecule has 8 heteroatoms. The molecule has 0 spiro atoms. The quantitative estimate of drug-likeness (QED) is 0.776. The number of amides is 1. The van der Waals surface area contributed by atoms with Crippen LogP contribution in [0, 0.1) is 0 Å². The Morgan fingerprint density at radius 2 is 2.00 bits per heavy atom. The lowest BCUT2D eigenvalue weighted by molar-refractivity contribution is -0.139. The summed E-state index contributed by atoms with van der Waals surface area (Å²) < 4.78 is 37.3. The fourth-order valence-electron chi connectivity index (χ4n) is 1.29. The molecule has 0 saturated heterocycles. The third-order valence-corrected chi connectivity index (χ3v) is 2.19. The smallest absolute Gasteiger partial charge is 0.416 e. The monoisotopic (exact) mass is 276 g/mol. The number of carbonyl (C=O) groups is 2. The molecular formula is C11H11F3N2O3. The highest BCUT2D eigenvalue weighted by molar-refractivity contribution is 5.96. The van der Waals surface area contributed by atoms with Gasteiger partial charge in [0.05, 0.1) is 18.0 Å². The largest absolute Gasteiger partial charge is 0.481 e. The predicted molar refractivity (Wildman–Crippen MR) is 60.3 cm³/mol. The van der Waals surface area contributed by atoms with E-state index in [1.807, 2.05) is 0 Å². The normalized spacial score (nSPS) is 12.8. The van der Waals surface area contributed by atoms with Gasteiger partial charge in [0.1, 0.15) is 0 Å². The van der Waals surface area contributed by atoms with Gasteiger partial charge < -0.3 is 16.2 Å². The fraction of sp³-hybridized carbons (Fsp3) is 0.273. The fourth-order valence-corrected chi connectivity index (χ4v) is 1.29. The Morgan fingerprint density at radius 1 is 1.37 bits per heavy atom. The Morgan fingerprint density at radius 3 is 2.53 bits per heavy atom. The molecule has 0 aliphatic heterocycles. The molecule has 0 aliphatic rings. The van der Waals surface area contributed by atoms with E-state index in [9.17, 15) is 22.8 Å². The molecule has 0 fully saturated rings. The van der Waals surface area contributed by atoms with Crippen molar-refractivity contribution in [3.05, 3.63) is 29.8 Å². The topological polar surface area (TPSA) is 92.4 Å². The van der Waals surface area contributed by atoms with E-state index < -0.39 is 36.1 Å². The number of halogens is 3. The molecule has 5 nitrogen and oxygen atoms in total. The maximum atomic E-state index is 12.4. The Hall–Kier alpha value is -2.09. The number of alkyl halides is 3. The maximum absolute atomic E-state index is 12.4. The van der Waals surface area contributed by atoms with Gasteiger partial charge in [-0.1, -0.05) is 6.07 Å². The molecule has 1 amide bonds. The van der Waals surface area contributed by atoms with Crippen LogP contribution in [-0.4, -0.2) is 23.0 Å². The minimum absolute atomic E-state index is 0.0966. The molecule has 0 bridgehead atoms. The minimum atomic E-state index is -4.52. The molecule has 0 saturated carbocycles. The van der Waals surface area contributed by atoms with E-state index in [0.717, 1.165) is 18.2 Å². The highest BCUT2D eigenvalue weighted by Crippen LogP contribution is 2.30. The van der Waals surface area contributed by atoms with Crippen LogP contribution < -0.4 is 11.1 Å². The first-order valence-corrected chi connectivity index (χ1v) is 5.15. The Labute approximate surface area is 106 Å². The van der Waals surface area contributed by atoms with Crippen LogP contribution in [0.25, 0.3) is 0 Å². The van der Waals surface area contributed by atoms with Gasteiger partial charge in [-0.05, 0) is 18.2 Å². The van der Waals surface area contributed by atoms with Crippen LogP contribution in [0.3, 0.4) is 0 Å². The predicted octanol–water partition coefficient (Wildman–Crippen LogP) is 1.45. The summed E-state index contributed by atoms with van der Waals surface area (Å²) in [5.41, 5.74) is 4.26. The third kappa shape index (κ3) is 4.59. The second-order valence-corrected chi connectivity index (χ2v) is 3.77. The highest BCUT2D eigenvalue weighted by atomic mass is 19.4. The van der Waals surface area contributed by atoms with Crippen molar-refractivity contribution in [3.8, 4) is 0 Å². The minimum Gasteiger partial charge on any atom is -0.481 e. The first-order chi connectivity index (χ1) is 8.70. The molecule has 0 radical (unpaired) electrons. The molecule has 4 N–H and O–H groups in total. The van der Waals surface area contributed by atoms with E-state index >= 15 is 0 Å². The van der Waals surface area contributed by atoms with Crippen molar-refractivity contribution in [3.63, 3.8) is 0 Å². The number of nitrogens with one attached hydrogen (secondary N) is 1. The van der Waals surface area contributed by atoms with Crippen molar-refractivity contribution in [1.29, 1.82) is 0 Å². The van der Waals surface area contributed by atoms with E-state index in [1.54, 1.807) is 0 Å². The molecular weight excluding hydrogens is 265 g/mol. The number of anilines is 1. The van der Waals surface area contributed by atoms with E-state index in [4.69, 9.17) is 10.8 Å². The summed E-state index contributed by atoms with van der Waals surface area (Å²) in [6.07, 6.45) is -5.13. The zero-order chi connectivity index (χ0) is 14.6. The van der Waals surface area contributed by atoms with Crippen molar-refractivity contribution in [2.24, 2.45) is 5.73 Å². The van der Waals surface area contributed by atoms with Gasteiger partial charge in [0.15, 0.2) is 0 Å². The van der Waals surface area contributed by atoms with Gasteiger partial charge in [0.25, 0.3) is 0 Å². The lowest BCUT2D eigenvalue weighted by atomic mass is 10.1. The van der Waals surface area contributed by atoms with Gasteiger partial charge in [0.2, 0.25) is 5.91 Å². The zero-order valence-corrected chi connectivity index (χ0v) is 9.57. The molecule has 1 aromatic rings. The number of rotatable bonds is 4. The van der Waals surface area contributed by atoms with E-state index in [2.05, 4.69) is 5.32 Å². The van der Waals surface area contributed by atoms with Crippen molar-refractivity contribution >= 4 is 17.6 Å². The van der Waals surface area contributed by atoms with Crippen LogP contribution in [0.4, 0.5) is 18.9 Å². The summed E-state index contributed by atoms with van der Waals surface area (Å²) in [7, 11) is 0. The zero-order valence-electron chi connectivity index (χ0n) is 9.57. The van der Waals surface area contributed by atoms with Crippen molar-refractivity contribution in [2.45, 2.75) is 18.6 Å². The Bertz CT molecular complexity index is 488. The number of hydrogen-bond donors (Lipinski definition) is 3. The van der Waals surface area contributed by atoms with Crippen molar-refractivity contribution in [2.75, 3.05) is 5.32 Å². The van der Waals surface area contributed by atoms with Crippen LogP contribution in [-0.2, 0) is 15.8 Å². The van der Waals surface area contributed by atoms with E-state index in [0.29, 0.717) is 0 Å². The molecule has 0 heterocycles. The second kappa shape index (κ2) is 5.70. The summed E-state index contributed by atoms with van der Waals surface area (Å²) in [4.78, 5) is 21.8. The van der Waals surface area contributed by atoms with Gasteiger partial charge in [-0.15, -0.1) is 0 Å². The Balaban J connectivity index is 2.77. The summed E-state index contributed by atoms with van der Waals surface area (Å²) in [5, 5.41) is 10.6. The summed E-state index contributed by atoms with van der Waals surface area (Å²) in [6.45, 7) is 0. The summed E-state index contributed by atoms with van der Waals surface area (Å²) in [6, 6.07) is 2.65. The molecule has 19 heavy (non-hydrogen) atoms. The summed E-state index contributed by atoms with van der Waals surface area (Å²) >= 11 is 0. The van der Waals surface area contributed by atoms with Crippen molar-refractivity contribution < 1.29 is 27.9 Å². The standard InChI is InChI=1S/C11H11F3N2O3/c12-11(13,14)6-2-1-3-7(4-6)16-10(19)8(15)5-9(17)18/h1-4,8H,5,15H2,(H,16,19)(H,17,18). The highest BCUT2D eigenvalue weighted by Gasteiger charge is 2.30. The average molecular weight is 276 g/mol. The molecule has 1 atom stereocenters. The number of carboxylic acid groups (broad SMARTS) is 1. The van der Waals surface area contributed by atoms with Crippen molar-refractivity contribution in [1.82, 2.24) is 0 Å². The van der Waals surface area contributed by atoms with E-state index in [1.165, 1.54) is 6.07 Å². The van der Waals surface area contributed by atoms with Crippen LogP contribution in [0.2, 0.25) is 0 Å². The number of hydrogen-bond acceptors (Lipinski definition) is 3. The lowest BCUT2D eigenvalue weighted by Gasteiger charge is -2.12. The number of carbonyl (C=O) groups excluding carboxylic acids is 1. The number of benzene rings is 1. The van der Waals surface area contributed by atoms with Gasteiger partial charge in [-0.2, -0.15) is 13.2 Å². The molecule has 1 unspecified atom stereocenters. The maximum Gasteiger partial charge on any atom is 0.416 e. The van der Waals surface area contributed by atoms with Gasteiger partial charge in [0, 0.05) is 5.69 Å². The molecule has 0 aliphatic carbocycles. The number of carboxylic acids is 1. The Kier molecular flexibility index (Phi) is 4.49. The van der Waals surface area contributed by atoms with Crippen LogP contribution in [0.1, 0.15) is 12.0 Å². The second-order valence-electron chi connectivity index (χ2n) is 3.77. The molecule has 104 valence electrons. The van der Waals surface area contributed by atoms with Crippen LogP contribution in [0.5, 0.6) is 0 Å². The van der Waals surface area contributed by atoms with Gasteiger partial charge in [-0.3, -0.25) is 9.59 Å². The first-order valence-electron chi connectivity index (χ1n) is 5.15. The van der Waals surface area contributed by atoms with Gasteiger partial charge >= 0.3 is 12.1 Å².